The number of thioether (sulfide) groups is 1. The predicted molar refractivity (Wildman–Crippen MR) is 117 cm³/mol. The van der Waals surface area contributed by atoms with Gasteiger partial charge in [0.2, 0.25) is 10.8 Å². The molecule has 2 heterocycles. The van der Waals surface area contributed by atoms with E-state index in [1.165, 1.54) is 22.7 Å². The van der Waals surface area contributed by atoms with Crippen molar-refractivity contribution in [1.82, 2.24) is 0 Å². The number of carbonyl (C=O) groups is 2. The zero-order valence-electron chi connectivity index (χ0n) is 16.6. The third-order valence-corrected chi connectivity index (χ3v) is 7.07. The lowest BCUT2D eigenvalue weighted by Gasteiger charge is -2.33. The maximum atomic E-state index is 14.0. The number of benzene rings is 3. The van der Waals surface area contributed by atoms with Crippen LogP contribution in [0.3, 0.4) is 0 Å². The molecule has 3 aromatic carbocycles. The number of halogens is 2. The SMILES string of the molecule is Cc1ccc(CN2C(=O)[C@@]3(SCC(=O)N3c3ccc(F)c(F)c3)c3ccccc32)cc1. The summed E-state index contributed by atoms with van der Waals surface area (Å²) in [6.45, 7) is 2.34. The van der Waals surface area contributed by atoms with Crippen LogP contribution in [-0.2, 0) is 21.0 Å². The molecule has 0 radical (unpaired) electrons. The van der Waals surface area contributed by atoms with Gasteiger partial charge in [-0.2, -0.15) is 0 Å². The van der Waals surface area contributed by atoms with Gasteiger partial charge in [-0.15, -0.1) is 11.8 Å². The van der Waals surface area contributed by atoms with E-state index < -0.39 is 16.5 Å². The summed E-state index contributed by atoms with van der Waals surface area (Å²) in [5.74, 6) is -2.59. The third kappa shape index (κ3) is 2.95. The lowest BCUT2D eigenvalue weighted by atomic mass is 10.0. The fraction of sp³-hybridized carbons (Fsp3) is 0.167. The Morgan fingerprint density at radius 3 is 2.45 bits per heavy atom. The van der Waals surface area contributed by atoms with E-state index in [0.29, 0.717) is 17.8 Å². The molecule has 156 valence electrons. The van der Waals surface area contributed by atoms with Gasteiger partial charge >= 0.3 is 0 Å². The van der Waals surface area contributed by atoms with Crippen molar-refractivity contribution in [2.45, 2.75) is 18.3 Å². The summed E-state index contributed by atoms with van der Waals surface area (Å²) in [6, 6.07) is 18.5. The molecule has 0 saturated carbocycles. The smallest absolute Gasteiger partial charge is 0.269 e. The van der Waals surface area contributed by atoms with Crippen LogP contribution in [0.15, 0.2) is 66.7 Å². The minimum atomic E-state index is -1.34. The van der Waals surface area contributed by atoms with Crippen molar-refractivity contribution in [3.63, 3.8) is 0 Å². The Kier molecular flexibility index (Phi) is 4.59. The summed E-state index contributed by atoms with van der Waals surface area (Å²) in [7, 11) is 0. The second-order valence-corrected chi connectivity index (χ2v) is 8.82. The minimum absolute atomic E-state index is 0.0669. The van der Waals surface area contributed by atoms with E-state index in [4.69, 9.17) is 0 Å². The lowest BCUT2D eigenvalue weighted by Crippen LogP contribution is -2.49. The Balaban J connectivity index is 1.63. The van der Waals surface area contributed by atoms with E-state index in [-0.39, 0.29) is 23.3 Å². The molecule has 1 atom stereocenters. The number of hydrogen-bond acceptors (Lipinski definition) is 3. The second kappa shape index (κ2) is 7.20. The molecule has 3 aromatic rings. The number of carbonyl (C=O) groups excluding carboxylic acids is 2. The topological polar surface area (TPSA) is 40.6 Å². The highest BCUT2D eigenvalue weighted by molar-refractivity contribution is 8.02. The number of aryl methyl sites for hydroxylation is 1. The van der Waals surface area contributed by atoms with E-state index in [9.17, 15) is 18.4 Å². The summed E-state index contributed by atoms with van der Waals surface area (Å²) < 4.78 is 27.6. The van der Waals surface area contributed by atoms with E-state index in [0.717, 1.165) is 23.3 Å². The Morgan fingerprint density at radius 1 is 0.968 bits per heavy atom. The average molecular weight is 436 g/mol. The summed E-state index contributed by atoms with van der Waals surface area (Å²) in [5.41, 5.74) is 3.62. The molecule has 2 aliphatic rings. The molecule has 7 heteroatoms. The van der Waals surface area contributed by atoms with Crippen molar-refractivity contribution < 1.29 is 18.4 Å². The van der Waals surface area contributed by atoms with Crippen LogP contribution >= 0.6 is 11.8 Å². The number of nitrogens with zero attached hydrogens (tertiary/aromatic N) is 2. The molecule has 1 fully saturated rings. The number of para-hydroxylation sites is 1. The van der Waals surface area contributed by atoms with Gasteiger partial charge in [0.05, 0.1) is 18.0 Å². The highest BCUT2D eigenvalue weighted by Gasteiger charge is 2.60. The van der Waals surface area contributed by atoms with Crippen LogP contribution in [0.4, 0.5) is 20.2 Å². The number of anilines is 2. The van der Waals surface area contributed by atoms with Crippen LogP contribution in [0.2, 0.25) is 0 Å². The highest BCUT2D eigenvalue weighted by Crippen LogP contribution is 2.56. The first kappa shape index (κ1) is 19.8. The maximum absolute atomic E-state index is 14.0. The van der Waals surface area contributed by atoms with Gasteiger partial charge in [0.25, 0.3) is 5.91 Å². The summed E-state index contributed by atoms with van der Waals surface area (Å²) >= 11 is 1.21. The van der Waals surface area contributed by atoms with Gasteiger partial charge in [0.15, 0.2) is 11.6 Å². The molecule has 4 nitrogen and oxygen atoms in total. The van der Waals surface area contributed by atoms with Crippen LogP contribution in [0.25, 0.3) is 0 Å². The van der Waals surface area contributed by atoms with Crippen LogP contribution in [0, 0.1) is 18.6 Å². The van der Waals surface area contributed by atoms with E-state index in [1.807, 2.05) is 55.5 Å². The lowest BCUT2D eigenvalue weighted by molar-refractivity contribution is -0.123. The Hall–Kier alpha value is -3.19. The zero-order chi connectivity index (χ0) is 21.8. The van der Waals surface area contributed by atoms with E-state index >= 15 is 0 Å². The van der Waals surface area contributed by atoms with Crippen LogP contribution in [0.1, 0.15) is 16.7 Å². The Bertz CT molecular complexity index is 1210. The van der Waals surface area contributed by atoms with Crippen molar-refractivity contribution in [2.24, 2.45) is 0 Å². The standard InChI is InChI=1S/C24H18F2N2O2S/c1-15-6-8-16(9-7-15)13-27-21-5-3-2-4-18(21)24(23(27)30)28(22(29)14-31-24)17-10-11-19(25)20(26)12-17/h2-12H,13-14H2,1H3/t24-/m0/s1. The van der Waals surface area contributed by atoms with Crippen molar-refractivity contribution in [3.8, 4) is 0 Å². The van der Waals surface area contributed by atoms with Crippen molar-refractivity contribution in [3.05, 3.63) is 95.1 Å². The molecule has 2 aliphatic heterocycles. The summed E-state index contributed by atoms with van der Waals surface area (Å²) in [6.07, 6.45) is 0. The number of fused-ring (bicyclic) bond motifs is 2. The molecule has 0 aromatic heterocycles. The van der Waals surface area contributed by atoms with Crippen molar-refractivity contribution in [1.29, 1.82) is 0 Å². The summed E-state index contributed by atoms with van der Waals surface area (Å²) in [5, 5.41) is 0. The van der Waals surface area contributed by atoms with Crippen LogP contribution < -0.4 is 9.80 Å². The molecule has 0 bridgehead atoms. The Morgan fingerprint density at radius 2 is 1.71 bits per heavy atom. The molecular weight excluding hydrogens is 418 g/mol. The number of rotatable bonds is 3. The molecular formula is C24H18F2N2O2S. The first-order chi connectivity index (χ1) is 14.9. The van der Waals surface area contributed by atoms with Gasteiger partial charge < -0.3 is 4.90 Å². The zero-order valence-corrected chi connectivity index (χ0v) is 17.5. The van der Waals surface area contributed by atoms with Crippen molar-refractivity contribution in [2.75, 3.05) is 15.6 Å². The molecule has 1 spiro atoms. The molecule has 1 saturated heterocycles. The molecule has 2 amide bonds. The predicted octanol–water partition coefficient (Wildman–Crippen LogP) is 4.75. The van der Waals surface area contributed by atoms with Gasteiger partial charge in [-0.05, 0) is 30.7 Å². The average Bonchev–Trinajstić information content (AvgIpc) is 3.23. The van der Waals surface area contributed by atoms with Gasteiger partial charge in [-0.1, -0.05) is 48.0 Å². The monoisotopic (exact) mass is 436 g/mol. The second-order valence-electron chi connectivity index (χ2n) is 7.65. The maximum Gasteiger partial charge on any atom is 0.269 e. The molecule has 0 unspecified atom stereocenters. The normalized spacial score (nSPS) is 20.1. The van der Waals surface area contributed by atoms with Crippen LogP contribution in [-0.4, -0.2) is 17.6 Å². The number of hydrogen-bond donors (Lipinski definition) is 0. The largest absolute Gasteiger partial charge is 0.304 e. The summed E-state index contributed by atoms with van der Waals surface area (Å²) in [4.78, 5) is 28.4. The first-order valence-corrected chi connectivity index (χ1v) is 10.8. The van der Waals surface area contributed by atoms with Crippen LogP contribution in [0.5, 0.6) is 0 Å². The molecule has 31 heavy (non-hydrogen) atoms. The van der Waals surface area contributed by atoms with Gasteiger partial charge in [0.1, 0.15) is 0 Å². The molecule has 0 N–H and O–H groups in total. The number of amides is 2. The van der Waals surface area contributed by atoms with E-state index in [2.05, 4.69) is 0 Å². The minimum Gasteiger partial charge on any atom is -0.304 e. The first-order valence-electron chi connectivity index (χ1n) is 9.81. The van der Waals surface area contributed by atoms with Gasteiger partial charge in [0, 0.05) is 17.3 Å². The fourth-order valence-corrected chi connectivity index (χ4v) is 5.57. The molecule has 5 rings (SSSR count). The Labute approximate surface area is 182 Å². The van der Waals surface area contributed by atoms with Gasteiger partial charge in [-0.3, -0.25) is 14.5 Å². The third-order valence-electron chi connectivity index (χ3n) is 5.69. The quantitative estimate of drug-likeness (QED) is 0.595. The van der Waals surface area contributed by atoms with Gasteiger partial charge in [-0.25, -0.2) is 8.78 Å². The molecule has 0 aliphatic carbocycles. The highest BCUT2D eigenvalue weighted by atomic mass is 32.2. The van der Waals surface area contributed by atoms with Crippen molar-refractivity contribution >= 4 is 35.0 Å². The fourth-order valence-electron chi connectivity index (χ4n) is 4.21. The van der Waals surface area contributed by atoms with E-state index in [1.54, 1.807) is 4.90 Å².